The summed E-state index contributed by atoms with van der Waals surface area (Å²) in [6, 6.07) is 7.85. The Morgan fingerprint density at radius 1 is 1.11 bits per heavy atom. The van der Waals surface area contributed by atoms with Crippen LogP contribution in [-0.4, -0.2) is 60.2 Å². The van der Waals surface area contributed by atoms with Crippen molar-refractivity contribution >= 4 is 17.7 Å². The van der Waals surface area contributed by atoms with Gasteiger partial charge in [-0.15, -0.1) is 0 Å². The lowest BCUT2D eigenvalue weighted by Gasteiger charge is -2.31. The predicted molar refractivity (Wildman–Crippen MR) is 108 cm³/mol. The fourth-order valence-corrected chi connectivity index (χ4v) is 4.09. The normalized spacial score (nSPS) is 17.8. The maximum Gasteiger partial charge on any atom is 0.251 e. The maximum absolute atomic E-state index is 12.3. The van der Waals surface area contributed by atoms with E-state index in [9.17, 15) is 14.4 Å². The predicted octanol–water partition coefficient (Wildman–Crippen LogP) is 2.23. The molecule has 2 aliphatic rings. The quantitative estimate of drug-likeness (QED) is 0.732. The summed E-state index contributed by atoms with van der Waals surface area (Å²) in [7, 11) is 0. The number of nitrogens with one attached hydrogen (secondary N) is 1. The molecular weight excluding hydrogens is 354 g/mol. The van der Waals surface area contributed by atoms with Crippen LogP contribution in [0.5, 0.6) is 0 Å². The Morgan fingerprint density at radius 3 is 2.43 bits per heavy atom. The van der Waals surface area contributed by atoms with E-state index < -0.39 is 0 Å². The molecular formula is C22H31N3O3. The van der Waals surface area contributed by atoms with Gasteiger partial charge in [0.25, 0.3) is 5.91 Å². The monoisotopic (exact) mass is 385 g/mol. The second-order valence-corrected chi connectivity index (χ2v) is 7.94. The number of carbonyl (C=O) groups excluding carboxylic acids is 3. The van der Waals surface area contributed by atoms with Crippen LogP contribution in [0.1, 0.15) is 54.9 Å². The second-order valence-electron chi connectivity index (χ2n) is 7.94. The minimum Gasteiger partial charge on any atom is -0.352 e. The smallest absolute Gasteiger partial charge is 0.251 e. The molecule has 0 aromatic heterocycles. The summed E-state index contributed by atoms with van der Waals surface area (Å²) in [5.41, 5.74) is 1.91. The van der Waals surface area contributed by atoms with E-state index in [1.807, 2.05) is 34.1 Å². The Labute approximate surface area is 167 Å². The third-order valence-corrected chi connectivity index (χ3v) is 5.86. The van der Waals surface area contributed by atoms with Crippen LogP contribution < -0.4 is 5.32 Å². The molecule has 1 N–H and O–H groups in total. The Balaban J connectivity index is 1.38. The summed E-state index contributed by atoms with van der Waals surface area (Å²) in [6.45, 7) is 5.49. The van der Waals surface area contributed by atoms with Crippen LogP contribution in [0.2, 0.25) is 0 Å². The molecule has 0 aliphatic carbocycles. The molecule has 0 atom stereocenters. The first-order chi connectivity index (χ1) is 13.5. The van der Waals surface area contributed by atoms with Crippen molar-refractivity contribution < 1.29 is 14.4 Å². The van der Waals surface area contributed by atoms with Gasteiger partial charge in [0.15, 0.2) is 0 Å². The van der Waals surface area contributed by atoms with Crippen LogP contribution >= 0.6 is 0 Å². The average molecular weight is 386 g/mol. The molecule has 152 valence electrons. The zero-order chi connectivity index (χ0) is 19.9. The Kier molecular flexibility index (Phi) is 7.06. The molecule has 2 heterocycles. The van der Waals surface area contributed by atoms with Gasteiger partial charge in [-0.25, -0.2) is 0 Å². The van der Waals surface area contributed by atoms with Crippen molar-refractivity contribution in [3.63, 3.8) is 0 Å². The molecule has 2 fully saturated rings. The maximum atomic E-state index is 12.3. The molecule has 0 unspecified atom stereocenters. The van der Waals surface area contributed by atoms with E-state index in [0.717, 1.165) is 58.3 Å². The molecule has 6 nitrogen and oxygen atoms in total. The molecule has 0 bridgehead atoms. The summed E-state index contributed by atoms with van der Waals surface area (Å²) in [4.78, 5) is 39.1. The highest BCUT2D eigenvalue weighted by Crippen LogP contribution is 2.22. The third kappa shape index (κ3) is 5.57. The number of hydrogen-bond donors (Lipinski definition) is 1. The SMILES string of the molecule is CC(=O)N1CCC(Cc2ccc(C(=O)NCCCN3CCCC3=O)cc2)CC1. The lowest BCUT2D eigenvalue weighted by Crippen LogP contribution is -2.37. The van der Waals surface area contributed by atoms with Crippen molar-refractivity contribution in [1.82, 2.24) is 15.1 Å². The van der Waals surface area contributed by atoms with E-state index in [1.165, 1.54) is 5.56 Å². The number of carbonyl (C=O) groups is 3. The topological polar surface area (TPSA) is 69.7 Å². The van der Waals surface area contributed by atoms with Crippen molar-refractivity contribution in [2.75, 3.05) is 32.7 Å². The van der Waals surface area contributed by atoms with Crippen molar-refractivity contribution in [2.45, 2.75) is 45.4 Å². The number of piperidine rings is 1. The fourth-order valence-electron chi connectivity index (χ4n) is 4.09. The van der Waals surface area contributed by atoms with Gasteiger partial charge in [-0.1, -0.05) is 12.1 Å². The zero-order valence-corrected chi connectivity index (χ0v) is 16.8. The van der Waals surface area contributed by atoms with Crippen molar-refractivity contribution in [3.8, 4) is 0 Å². The van der Waals surface area contributed by atoms with Crippen LogP contribution in [0.15, 0.2) is 24.3 Å². The summed E-state index contributed by atoms with van der Waals surface area (Å²) in [5.74, 6) is 0.937. The van der Waals surface area contributed by atoms with Crippen molar-refractivity contribution in [1.29, 1.82) is 0 Å². The lowest BCUT2D eigenvalue weighted by atomic mass is 9.90. The van der Waals surface area contributed by atoms with Gasteiger partial charge in [0.05, 0.1) is 0 Å². The first-order valence-corrected chi connectivity index (χ1v) is 10.4. The number of hydrogen-bond acceptors (Lipinski definition) is 3. The lowest BCUT2D eigenvalue weighted by molar-refractivity contribution is -0.130. The Hall–Kier alpha value is -2.37. The number of benzene rings is 1. The third-order valence-electron chi connectivity index (χ3n) is 5.86. The number of likely N-dealkylation sites (tertiary alicyclic amines) is 2. The molecule has 0 radical (unpaired) electrons. The average Bonchev–Trinajstić information content (AvgIpc) is 3.11. The van der Waals surface area contributed by atoms with Gasteiger partial charge < -0.3 is 15.1 Å². The van der Waals surface area contributed by atoms with Crippen molar-refractivity contribution in [2.24, 2.45) is 5.92 Å². The minimum absolute atomic E-state index is 0.0611. The van der Waals surface area contributed by atoms with E-state index in [1.54, 1.807) is 6.92 Å². The van der Waals surface area contributed by atoms with E-state index in [0.29, 0.717) is 24.4 Å². The van der Waals surface area contributed by atoms with E-state index in [-0.39, 0.29) is 17.7 Å². The van der Waals surface area contributed by atoms with Gasteiger partial charge in [0, 0.05) is 51.6 Å². The molecule has 28 heavy (non-hydrogen) atoms. The summed E-state index contributed by atoms with van der Waals surface area (Å²) >= 11 is 0. The van der Waals surface area contributed by atoms with E-state index in [4.69, 9.17) is 0 Å². The van der Waals surface area contributed by atoms with Gasteiger partial charge in [0.2, 0.25) is 11.8 Å². The van der Waals surface area contributed by atoms with Crippen LogP contribution in [0.3, 0.4) is 0 Å². The fraction of sp³-hybridized carbons (Fsp3) is 0.591. The van der Waals surface area contributed by atoms with Gasteiger partial charge in [0.1, 0.15) is 0 Å². The minimum atomic E-state index is -0.0611. The Bertz CT molecular complexity index is 693. The number of rotatable bonds is 7. The highest BCUT2D eigenvalue weighted by Gasteiger charge is 2.21. The van der Waals surface area contributed by atoms with E-state index in [2.05, 4.69) is 5.32 Å². The highest BCUT2D eigenvalue weighted by atomic mass is 16.2. The van der Waals surface area contributed by atoms with Crippen LogP contribution in [0.25, 0.3) is 0 Å². The van der Waals surface area contributed by atoms with Gasteiger partial charge >= 0.3 is 0 Å². The zero-order valence-electron chi connectivity index (χ0n) is 16.8. The van der Waals surface area contributed by atoms with Crippen molar-refractivity contribution in [3.05, 3.63) is 35.4 Å². The molecule has 0 saturated carbocycles. The molecule has 0 spiro atoms. The van der Waals surface area contributed by atoms with Crippen LogP contribution in [0, 0.1) is 5.92 Å². The summed E-state index contributed by atoms with van der Waals surface area (Å²) < 4.78 is 0. The van der Waals surface area contributed by atoms with Gasteiger partial charge in [-0.05, 0) is 55.7 Å². The second kappa shape index (κ2) is 9.71. The highest BCUT2D eigenvalue weighted by molar-refractivity contribution is 5.94. The van der Waals surface area contributed by atoms with Crippen LogP contribution in [0.4, 0.5) is 0 Å². The molecule has 6 heteroatoms. The van der Waals surface area contributed by atoms with Crippen LogP contribution in [-0.2, 0) is 16.0 Å². The van der Waals surface area contributed by atoms with E-state index >= 15 is 0 Å². The van der Waals surface area contributed by atoms with Gasteiger partial charge in [-0.3, -0.25) is 14.4 Å². The van der Waals surface area contributed by atoms with Gasteiger partial charge in [-0.2, -0.15) is 0 Å². The molecule has 2 aliphatic heterocycles. The largest absolute Gasteiger partial charge is 0.352 e. The molecule has 1 aromatic rings. The standard InChI is InChI=1S/C22H31N3O3/c1-17(26)24-14-9-19(10-15-24)16-18-5-7-20(8-6-18)22(28)23-11-3-13-25-12-2-4-21(25)27/h5-8,19H,2-4,9-16H2,1H3,(H,23,28). The molecule has 2 saturated heterocycles. The molecule has 3 rings (SSSR count). The first kappa shape index (κ1) is 20.4. The molecule has 1 aromatic carbocycles. The number of amides is 3. The Morgan fingerprint density at radius 2 is 1.82 bits per heavy atom. The first-order valence-electron chi connectivity index (χ1n) is 10.4. The number of nitrogens with zero attached hydrogens (tertiary/aromatic N) is 2. The summed E-state index contributed by atoms with van der Waals surface area (Å²) in [6.07, 6.45) is 5.48. The summed E-state index contributed by atoms with van der Waals surface area (Å²) in [5, 5.41) is 2.94. The molecule has 3 amide bonds.